The first-order valence-electron chi connectivity index (χ1n) is 5.33. The van der Waals surface area contributed by atoms with Crippen molar-refractivity contribution >= 4 is 17.5 Å². The number of benzene rings is 1. The maximum absolute atomic E-state index is 13.6. The number of thioether (sulfide) groups is 1. The number of carbonyl (C=O) groups excluding carboxylic acids is 1. The number of Topliss-reactive ketones (excluding diaryl/α,β-unsaturated/α-hetero) is 1. The van der Waals surface area contributed by atoms with Gasteiger partial charge in [-0.25, -0.2) is 4.39 Å². The second kappa shape index (κ2) is 3.88. The van der Waals surface area contributed by atoms with Crippen molar-refractivity contribution in [2.75, 3.05) is 6.26 Å². The Bertz CT molecular complexity index is 440. The van der Waals surface area contributed by atoms with E-state index < -0.39 is 0 Å². The quantitative estimate of drug-likeness (QED) is 0.732. The van der Waals surface area contributed by atoms with Gasteiger partial charge in [-0.2, -0.15) is 0 Å². The Kier molecular flexibility index (Phi) is 2.82. The molecule has 0 amide bonds. The highest BCUT2D eigenvalue weighted by atomic mass is 32.2. The summed E-state index contributed by atoms with van der Waals surface area (Å²) in [5.74, 6) is 0.261. The number of ketones is 1. The van der Waals surface area contributed by atoms with E-state index in [1.165, 1.54) is 11.8 Å². The van der Waals surface area contributed by atoms with Crippen LogP contribution >= 0.6 is 11.8 Å². The van der Waals surface area contributed by atoms with Crippen LogP contribution in [0.25, 0.3) is 0 Å². The molecule has 1 aromatic rings. The summed E-state index contributed by atoms with van der Waals surface area (Å²) in [4.78, 5) is 12.1. The highest BCUT2D eigenvalue weighted by Gasteiger charge is 2.47. The fraction of sp³-hybridized carbons (Fsp3) is 0.462. The maximum Gasteiger partial charge on any atom is 0.139 e. The fourth-order valence-corrected chi connectivity index (χ4v) is 2.66. The first-order chi connectivity index (χ1) is 7.46. The summed E-state index contributed by atoms with van der Waals surface area (Å²) in [6, 6.07) is 5.31. The summed E-state index contributed by atoms with van der Waals surface area (Å²) in [6.45, 7) is 3.87. The van der Waals surface area contributed by atoms with E-state index in [1.54, 1.807) is 12.1 Å². The van der Waals surface area contributed by atoms with Gasteiger partial charge in [0.1, 0.15) is 11.6 Å². The molecule has 0 radical (unpaired) electrons. The van der Waals surface area contributed by atoms with Gasteiger partial charge in [0.2, 0.25) is 0 Å². The Balaban J connectivity index is 2.30. The molecule has 3 heteroatoms. The summed E-state index contributed by atoms with van der Waals surface area (Å²) < 4.78 is 13.6. The van der Waals surface area contributed by atoms with Crippen LogP contribution in [0.4, 0.5) is 4.39 Å². The molecule has 16 heavy (non-hydrogen) atoms. The van der Waals surface area contributed by atoms with Gasteiger partial charge in [-0.3, -0.25) is 4.79 Å². The van der Waals surface area contributed by atoms with Crippen LogP contribution in [0.5, 0.6) is 0 Å². The van der Waals surface area contributed by atoms with Gasteiger partial charge in [0.05, 0.1) is 0 Å². The molecule has 0 saturated heterocycles. The SMILES string of the molecule is CSc1ccc(C2CC(=O)C2(C)C)cc1F. The van der Waals surface area contributed by atoms with Crippen LogP contribution in [0.1, 0.15) is 31.7 Å². The van der Waals surface area contributed by atoms with E-state index in [0.717, 1.165) is 5.56 Å². The Morgan fingerprint density at radius 2 is 2.12 bits per heavy atom. The highest BCUT2D eigenvalue weighted by molar-refractivity contribution is 7.98. The number of carbonyl (C=O) groups is 1. The molecule has 1 aromatic carbocycles. The molecule has 1 atom stereocenters. The Hall–Kier alpha value is -0.830. The standard InChI is InChI=1S/C13H15FOS/c1-13(2)9(7-12(13)15)8-4-5-11(16-3)10(14)6-8/h4-6,9H,7H2,1-3H3. The molecule has 0 spiro atoms. The normalized spacial score (nSPS) is 23.0. The Morgan fingerprint density at radius 3 is 2.56 bits per heavy atom. The van der Waals surface area contributed by atoms with Crippen molar-refractivity contribution in [3.8, 4) is 0 Å². The van der Waals surface area contributed by atoms with Gasteiger partial charge in [-0.1, -0.05) is 19.9 Å². The zero-order chi connectivity index (χ0) is 11.9. The monoisotopic (exact) mass is 238 g/mol. The van der Waals surface area contributed by atoms with E-state index in [4.69, 9.17) is 0 Å². The zero-order valence-electron chi connectivity index (χ0n) is 9.71. The molecular formula is C13H15FOS. The van der Waals surface area contributed by atoms with Crippen LogP contribution in [0, 0.1) is 11.2 Å². The molecule has 0 bridgehead atoms. The molecule has 0 aliphatic heterocycles. The van der Waals surface area contributed by atoms with Gasteiger partial charge in [-0.05, 0) is 24.0 Å². The van der Waals surface area contributed by atoms with Crippen LogP contribution in [0.2, 0.25) is 0 Å². The molecule has 1 aliphatic carbocycles. The third-order valence-electron chi connectivity index (χ3n) is 3.56. The van der Waals surface area contributed by atoms with E-state index in [9.17, 15) is 9.18 Å². The van der Waals surface area contributed by atoms with Crippen molar-refractivity contribution in [3.63, 3.8) is 0 Å². The number of rotatable bonds is 2. The second-order valence-electron chi connectivity index (χ2n) is 4.80. The first kappa shape index (κ1) is 11.6. The van der Waals surface area contributed by atoms with Crippen LogP contribution in [0.3, 0.4) is 0 Å². The van der Waals surface area contributed by atoms with Gasteiger partial charge < -0.3 is 0 Å². The smallest absolute Gasteiger partial charge is 0.139 e. The second-order valence-corrected chi connectivity index (χ2v) is 5.64. The van der Waals surface area contributed by atoms with Crippen LogP contribution in [-0.4, -0.2) is 12.0 Å². The van der Waals surface area contributed by atoms with Gasteiger partial charge in [0.15, 0.2) is 0 Å². The highest BCUT2D eigenvalue weighted by Crippen LogP contribution is 2.49. The minimum Gasteiger partial charge on any atom is -0.299 e. The largest absolute Gasteiger partial charge is 0.299 e. The molecule has 1 nitrogen and oxygen atoms in total. The lowest BCUT2D eigenvalue weighted by atomic mass is 9.59. The molecule has 86 valence electrons. The summed E-state index contributed by atoms with van der Waals surface area (Å²) in [6.07, 6.45) is 2.40. The lowest BCUT2D eigenvalue weighted by Crippen LogP contribution is -2.43. The fourth-order valence-electron chi connectivity index (χ4n) is 2.20. The van der Waals surface area contributed by atoms with Crippen molar-refractivity contribution in [2.24, 2.45) is 5.41 Å². The van der Waals surface area contributed by atoms with E-state index >= 15 is 0 Å². The van der Waals surface area contributed by atoms with E-state index in [1.807, 2.05) is 26.2 Å². The summed E-state index contributed by atoms with van der Waals surface area (Å²) in [7, 11) is 0. The predicted molar refractivity (Wildman–Crippen MR) is 64.3 cm³/mol. The minimum atomic E-state index is -0.326. The topological polar surface area (TPSA) is 17.1 Å². The average molecular weight is 238 g/mol. The number of hydrogen-bond donors (Lipinski definition) is 0. The molecule has 0 N–H and O–H groups in total. The lowest BCUT2D eigenvalue weighted by Gasteiger charge is -2.42. The molecule has 1 fully saturated rings. The average Bonchev–Trinajstić information content (AvgIpc) is 2.25. The number of hydrogen-bond acceptors (Lipinski definition) is 2. The van der Waals surface area contributed by atoms with E-state index in [-0.39, 0.29) is 22.9 Å². The third-order valence-corrected chi connectivity index (χ3v) is 4.33. The van der Waals surface area contributed by atoms with Gasteiger partial charge in [0.25, 0.3) is 0 Å². The van der Waals surface area contributed by atoms with E-state index in [2.05, 4.69) is 0 Å². The summed E-state index contributed by atoms with van der Waals surface area (Å²) >= 11 is 1.40. The van der Waals surface area contributed by atoms with Crippen molar-refractivity contribution < 1.29 is 9.18 Å². The lowest BCUT2D eigenvalue weighted by molar-refractivity contribution is -0.137. The Morgan fingerprint density at radius 1 is 1.44 bits per heavy atom. The van der Waals surface area contributed by atoms with Crippen LogP contribution in [0.15, 0.2) is 23.1 Å². The minimum absolute atomic E-state index is 0.172. The molecule has 1 unspecified atom stereocenters. The van der Waals surface area contributed by atoms with Crippen molar-refractivity contribution in [2.45, 2.75) is 31.1 Å². The van der Waals surface area contributed by atoms with Crippen LogP contribution in [-0.2, 0) is 4.79 Å². The molecular weight excluding hydrogens is 223 g/mol. The van der Waals surface area contributed by atoms with Crippen molar-refractivity contribution in [1.29, 1.82) is 0 Å². The van der Waals surface area contributed by atoms with Crippen molar-refractivity contribution in [3.05, 3.63) is 29.6 Å². The maximum atomic E-state index is 13.6. The molecule has 0 heterocycles. The third kappa shape index (κ3) is 1.67. The van der Waals surface area contributed by atoms with Gasteiger partial charge >= 0.3 is 0 Å². The molecule has 0 aromatic heterocycles. The molecule has 2 rings (SSSR count). The molecule has 1 saturated carbocycles. The number of halogens is 1. The summed E-state index contributed by atoms with van der Waals surface area (Å²) in [5, 5.41) is 0. The van der Waals surface area contributed by atoms with Crippen LogP contribution < -0.4 is 0 Å². The Labute approximate surface area is 99.4 Å². The predicted octanol–water partition coefficient (Wildman–Crippen LogP) is 3.63. The van der Waals surface area contributed by atoms with Gasteiger partial charge in [0, 0.05) is 22.6 Å². The summed E-state index contributed by atoms with van der Waals surface area (Å²) in [5.41, 5.74) is 0.618. The zero-order valence-corrected chi connectivity index (χ0v) is 10.5. The van der Waals surface area contributed by atoms with E-state index in [0.29, 0.717) is 11.3 Å². The van der Waals surface area contributed by atoms with Crippen molar-refractivity contribution in [1.82, 2.24) is 0 Å². The first-order valence-corrected chi connectivity index (χ1v) is 6.56. The van der Waals surface area contributed by atoms with Gasteiger partial charge in [-0.15, -0.1) is 11.8 Å². The molecule has 1 aliphatic rings.